The maximum Gasteiger partial charge on any atom is 0.0824 e. The van der Waals surface area contributed by atoms with Crippen molar-refractivity contribution in [3.05, 3.63) is 119 Å². The highest BCUT2D eigenvalue weighted by Crippen LogP contribution is 2.47. The summed E-state index contributed by atoms with van der Waals surface area (Å²) in [5.41, 5.74) is 9.62. The summed E-state index contributed by atoms with van der Waals surface area (Å²) in [5, 5.41) is 22.3. The van der Waals surface area contributed by atoms with Crippen molar-refractivity contribution in [2.75, 3.05) is 0 Å². The van der Waals surface area contributed by atoms with Crippen LogP contribution in [0.1, 0.15) is 47.3 Å². The van der Waals surface area contributed by atoms with E-state index in [1.165, 1.54) is 33.4 Å². The zero-order valence-electron chi connectivity index (χ0n) is 19.3. The van der Waals surface area contributed by atoms with E-state index < -0.39 is 12.2 Å². The molecule has 0 aromatic heterocycles. The molecule has 0 fully saturated rings. The third-order valence-electron chi connectivity index (χ3n) is 7.97. The minimum Gasteiger partial charge on any atom is -0.388 e. The van der Waals surface area contributed by atoms with Crippen LogP contribution in [0.5, 0.6) is 0 Å². The topological polar surface area (TPSA) is 40.5 Å². The van der Waals surface area contributed by atoms with Crippen molar-refractivity contribution in [3.63, 3.8) is 0 Å². The van der Waals surface area contributed by atoms with Crippen molar-refractivity contribution in [1.82, 2.24) is 0 Å². The number of aliphatic hydroxyl groups excluding tert-OH is 2. The Kier molecular flexibility index (Phi) is 5.57. The molecule has 4 atom stereocenters. The molecule has 2 aliphatic rings. The Bertz CT molecular complexity index is 1190. The molecular formula is C32H30O2. The van der Waals surface area contributed by atoms with Gasteiger partial charge in [0.25, 0.3) is 0 Å². The molecule has 170 valence electrons. The Hall–Kier alpha value is -3.20. The van der Waals surface area contributed by atoms with Crippen LogP contribution in [0.3, 0.4) is 0 Å². The largest absolute Gasteiger partial charge is 0.388 e. The van der Waals surface area contributed by atoms with Gasteiger partial charge in [-0.25, -0.2) is 0 Å². The van der Waals surface area contributed by atoms with Crippen LogP contribution in [0.15, 0.2) is 97.1 Å². The van der Waals surface area contributed by atoms with Gasteiger partial charge in [0.15, 0.2) is 0 Å². The summed E-state index contributed by atoms with van der Waals surface area (Å²) in [6.45, 7) is 0. The van der Waals surface area contributed by atoms with Gasteiger partial charge in [0.2, 0.25) is 0 Å². The molecule has 4 unspecified atom stereocenters. The third kappa shape index (κ3) is 3.68. The van der Waals surface area contributed by atoms with Gasteiger partial charge in [-0.3, -0.25) is 0 Å². The first kappa shape index (κ1) is 21.3. The molecular weight excluding hydrogens is 416 g/mol. The Morgan fingerprint density at radius 1 is 0.500 bits per heavy atom. The van der Waals surface area contributed by atoms with Gasteiger partial charge in [-0.15, -0.1) is 0 Å². The molecule has 0 radical (unpaired) electrons. The molecule has 4 aromatic rings. The number of benzene rings is 4. The van der Waals surface area contributed by atoms with Gasteiger partial charge in [0, 0.05) is 0 Å². The molecule has 0 amide bonds. The summed E-state index contributed by atoms with van der Waals surface area (Å²) in [6, 6.07) is 33.6. The number of aliphatic hydroxyl groups is 2. The highest BCUT2D eigenvalue weighted by Gasteiger charge is 2.36. The van der Waals surface area contributed by atoms with Crippen LogP contribution in [0, 0.1) is 11.8 Å². The third-order valence-corrected chi connectivity index (χ3v) is 7.97. The number of rotatable bonds is 5. The van der Waals surface area contributed by atoms with E-state index in [2.05, 4.69) is 84.9 Å². The first-order valence-corrected chi connectivity index (χ1v) is 12.4. The minimum absolute atomic E-state index is 0.198. The number of hydrogen-bond acceptors (Lipinski definition) is 2. The van der Waals surface area contributed by atoms with Crippen LogP contribution >= 0.6 is 0 Å². The lowest BCUT2D eigenvalue weighted by atomic mass is 9.89. The van der Waals surface area contributed by atoms with Crippen LogP contribution in [0.4, 0.5) is 0 Å². The van der Waals surface area contributed by atoms with E-state index >= 15 is 0 Å². The smallest absolute Gasteiger partial charge is 0.0824 e. The fourth-order valence-electron chi connectivity index (χ4n) is 6.20. The van der Waals surface area contributed by atoms with Gasteiger partial charge in [0.1, 0.15) is 0 Å². The zero-order valence-corrected chi connectivity index (χ0v) is 19.3. The van der Waals surface area contributed by atoms with E-state index in [0.29, 0.717) is 0 Å². The predicted octanol–water partition coefficient (Wildman–Crippen LogP) is 6.91. The van der Waals surface area contributed by atoms with Gasteiger partial charge in [-0.2, -0.15) is 0 Å². The first-order valence-electron chi connectivity index (χ1n) is 12.4. The Balaban J connectivity index is 1.19. The Morgan fingerprint density at radius 2 is 0.912 bits per heavy atom. The zero-order chi connectivity index (χ0) is 23.1. The van der Waals surface area contributed by atoms with Gasteiger partial charge >= 0.3 is 0 Å². The monoisotopic (exact) mass is 446 g/mol. The van der Waals surface area contributed by atoms with Gasteiger partial charge in [-0.05, 0) is 82.0 Å². The first-order chi connectivity index (χ1) is 16.7. The standard InChI is InChI=1S/C32H30O2/c33-31-23(19-29-25(13-7-15-27(29)31)21-9-3-1-4-10-21)17-18-24-20-30-26(22-11-5-2-6-12-22)14-8-16-28(30)32(24)34/h1-16,23-24,31-34H,17-20H2. The molecule has 0 spiro atoms. The van der Waals surface area contributed by atoms with Crippen molar-refractivity contribution in [3.8, 4) is 22.3 Å². The van der Waals surface area contributed by atoms with Crippen LogP contribution < -0.4 is 0 Å². The summed E-state index contributed by atoms with van der Waals surface area (Å²) < 4.78 is 0. The molecule has 6 rings (SSSR count). The maximum atomic E-state index is 11.2. The molecule has 0 aliphatic heterocycles. The van der Waals surface area contributed by atoms with E-state index in [1.54, 1.807) is 0 Å². The quantitative estimate of drug-likeness (QED) is 0.350. The molecule has 0 saturated carbocycles. The van der Waals surface area contributed by atoms with Crippen molar-refractivity contribution in [1.29, 1.82) is 0 Å². The fourth-order valence-corrected chi connectivity index (χ4v) is 6.20. The van der Waals surface area contributed by atoms with E-state index in [-0.39, 0.29) is 11.8 Å². The second-order valence-electron chi connectivity index (χ2n) is 9.87. The van der Waals surface area contributed by atoms with Crippen molar-refractivity contribution in [2.45, 2.75) is 37.9 Å². The lowest BCUT2D eigenvalue weighted by Crippen LogP contribution is -2.13. The molecule has 4 aromatic carbocycles. The second-order valence-corrected chi connectivity index (χ2v) is 9.87. The van der Waals surface area contributed by atoms with Crippen LogP contribution in [0.2, 0.25) is 0 Å². The summed E-state index contributed by atoms with van der Waals surface area (Å²) >= 11 is 0. The van der Waals surface area contributed by atoms with Crippen LogP contribution in [-0.4, -0.2) is 10.2 Å². The summed E-state index contributed by atoms with van der Waals surface area (Å²) in [7, 11) is 0. The molecule has 34 heavy (non-hydrogen) atoms. The molecule has 2 nitrogen and oxygen atoms in total. The van der Waals surface area contributed by atoms with Crippen LogP contribution in [0.25, 0.3) is 22.3 Å². The van der Waals surface area contributed by atoms with E-state index in [1.807, 2.05) is 12.1 Å². The normalized spacial score (nSPS) is 23.0. The summed E-state index contributed by atoms with van der Waals surface area (Å²) in [4.78, 5) is 0. The number of hydrogen-bond donors (Lipinski definition) is 2. The number of fused-ring (bicyclic) bond motifs is 2. The van der Waals surface area contributed by atoms with E-state index in [0.717, 1.165) is 36.8 Å². The highest BCUT2D eigenvalue weighted by molar-refractivity contribution is 5.71. The highest BCUT2D eigenvalue weighted by atomic mass is 16.3. The Morgan fingerprint density at radius 3 is 1.32 bits per heavy atom. The summed E-state index contributed by atoms with van der Waals surface area (Å²) in [5.74, 6) is 0.397. The van der Waals surface area contributed by atoms with E-state index in [4.69, 9.17) is 0 Å². The van der Waals surface area contributed by atoms with Crippen LogP contribution in [-0.2, 0) is 12.8 Å². The van der Waals surface area contributed by atoms with Crippen molar-refractivity contribution < 1.29 is 10.2 Å². The predicted molar refractivity (Wildman–Crippen MR) is 137 cm³/mol. The second kappa shape index (κ2) is 8.87. The van der Waals surface area contributed by atoms with E-state index in [9.17, 15) is 10.2 Å². The molecule has 0 bridgehead atoms. The fraction of sp³-hybridized carbons (Fsp3) is 0.250. The average Bonchev–Trinajstić information content (AvgIpc) is 3.40. The minimum atomic E-state index is -0.431. The van der Waals surface area contributed by atoms with Crippen molar-refractivity contribution >= 4 is 0 Å². The maximum absolute atomic E-state index is 11.2. The van der Waals surface area contributed by atoms with Crippen molar-refractivity contribution in [2.24, 2.45) is 11.8 Å². The molecule has 0 saturated heterocycles. The lowest BCUT2D eigenvalue weighted by molar-refractivity contribution is 0.0890. The molecule has 2 N–H and O–H groups in total. The molecule has 2 heteroatoms. The SMILES string of the molecule is OC1c2cccc(-c3ccccc3)c2CC1CCC1Cc2c(-c3ccccc3)cccc2C1O. The summed E-state index contributed by atoms with van der Waals surface area (Å²) in [6.07, 6.45) is 2.76. The average molecular weight is 447 g/mol. The van der Waals surface area contributed by atoms with Gasteiger partial charge < -0.3 is 10.2 Å². The molecule has 2 aliphatic carbocycles. The Labute approximate surface area is 201 Å². The molecule has 0 heterocycles. The van der Waals surface area contributed by atoms with Gasteiger partial charge in [-0.1, -0.05) is 97.1 Å². The lowest BCUT2D eigenvalue weighted by Gasteiger charge is -2.20. The van der Waals surface area contributed by atoms with Gasteiger partial charge in [0.05, 0.1) is 12.2 Å².